The third-order valence-corrected chi connectivity index (χ3v) is 11.1. The number of allylic oxidation sites excluding steroid dienone is 15. The lowest BCUT2D eigenvalue weighted by Crippen LogP contribution is -2.30. The fraction of sp³-hybridized carbons (Fsp3) is 0.678. The van der Waals surface area contributed by atoms with Gasteiger partial charge in [0.05, 0.1) is 6.42 Å². The second kappa shape index (κ2) is 52.9. The highest BCUT2D eigenvalue weighted by atomic mass is 16.6. The van der Waals surface area contributed by atoms with Gasteiger partial charge in [0, 0.05) is 12.8 Å². The first-order valence-corrected chi connectivity index (χ1v) is 26.7. The maximum absolute atomic E-state index is 12.7. The molecule has 6 nitrogen and oxygen atoms in total. The summed E-state index contributed by atoms with van der Waals surface area (Å²) in [4.78, 5) is 38.0. The van der Waals surface area contributed by atoms with Crippen LogP contribution in [-0.4, -0.2) is 37.2 Å². The van der Waals surface area contributed by atoms with Crippen LogP contribution in [0.2, 0.25) is 0 Å². The van der Waals surface area contributed by atoms with E-state index in [1.165, 1.54) is 103 Å². The van der Waals surface area contributed by atoms with Crippen LogP contribution >= 0.6 is 0 Å². The van der Waals surface area contributed by atoms with Crippen molar-refractivity contribution >= 4 is 17.9 Å². The van der Waals surface area contributed by atoms with Crippen molar-refractivity contribution in [1.29, 1.82) is 0 Å². The topological polar surface area (TPSA) is 78.9 Å². The largest absolute Gasteiger partial charge is 0.462 e. The molecule has 0 fully saturated rings. The Kier molecular flexibility index (Phi) is 50.0. The lowest BCUT2D eigenvalue weighted by Gasteiger charge is -2.18. The predicted octanol–water partition coefficient (Wildman–Crippen LogP) is 17.8. The lowest BCUT2D eigenvalue weighted by molar-refractivity contribution is -0.166. The molecular formula is C59H98O6. The van der Waals surface area contributed by atoms with Crippen molar-refractivity contribution in [3.05, 3.63) is 97.2 Å². The van der Waals surface area contributed by atoms with Crippen molar-refractivity contribution in [2.75, 3.05) is 13.2 Å². The molecule has 0 saturated heterocycles. The fourth-order valence-electron chi connectivity index (χ4n) is 7.07. The molecule has 65 heavy (non-hydrogen) atoms. The molecule has 0 bridgehead atoms. The molecule has 0 heterocycles. The van der Waals surface area contributed by atoms with Gasteiger partial charge >= 0.3 is 17.9 Å². The molecule has 0 spiro atoms. The minimum absolute atomic E-state index is 0.0916. The molecule has 6 heteroatoms. The summed E-state index contributed by atoms with van der Waals surface area (Å²) >= 11 is 0. The average Bonchev–Trinajstić information content (AvgIpc) is 3.30. The van der Waals surface area contributed by atoms with E-state index in [9.17, 15) is 14.4 Å². The maximum Gasteiger partial charge on any atom is 0.310 e. The normalized spacial score (nSPS) is 12.8. The van der Waals surface area contributed by atoms with Crippen LogP contribution in [0.15, 0.2) is 97.2 Å². The summed E-state index contributed by atoms with van der Waals surface area (Å²) in [6.07, 6.45) is 69.8. The number of hydrogen-bond donors (Lipinski definition) is 0. The van der Waals surface area contributed by atoms with Crippen molar-refractivity contribution in [3.63, 3.8) is 0 Å². The molecule has 0 N–H and O–H groups in total. The number of carbonyl (C=O) groups excluding carboxylic acids is 3. The van der Waals surface area contributed by atoms with Crippen molar-refractivity contribution in [2.24, 2.45) is 0 Å². The lowest BCUT2D eigenvalue weighted by atomic mass is 10.1. The zero-order chi connectivity index (χ0) is 47.2. The fourth-order valence-corrected chi connectivity index (χ4v) is 7.07. The van der Waals surface area contributed by atoms with Crippen LogP contribution in [-0.2, 0) is 28.6 Å². The molecule has 0 rings (SSSR count). The van der Waals surface area contributed by atoms with Crippen molar-refractivity contribution in [3.8, 4) is 0 Å². The predicted molar refractivity (Wildman–Crippen MR) is 279 cm³/mol. The van der Waals surface area contributed by atoms with Crippen LogP contribution in [0.5, 0.6) is 0 Å². The van der Waals surface area contributed by atoms with Gasteiger partial charge in [-0.1, -0.05) is 214 Å². The number of rotatable bonds is 47. The zero-order valence-electron chi connectivity index (χ0n) is 42.2. The van der Waals surface area contributed by atoms with Crippen molar-refractivity contribution in [1.82, 2.24) is 0 Å². The van der Waals surface area contributed by atoms with Crippen molar-refractivity contribution < 1.29 is 28.6 Å². The molecule has 0 aliphatic carbocycles. The van der Waals surface area contributed by atoms with Gasteiger partial charge < -0.3 is 14.2 Å². The Balaban J connectivity index is 4.52. The molecule has 0 aromatic rings. The minimum atomic E-state index is -0.839. The first kappa shape index (κ1) is 61.3. The van der Waals surface area contributed by atoms with E-state index >= 15 is 0 Å². The Morgan fingerprint density at radius 2 is 0.646 bits per heavy atom. The number of hydrogen-bond acceptors (Lipinski definition) is 6. The number of unbranched alkanes of at least 4 members (excludes halogenated alkanes) is 21. The van der Waals surface area contributed by atoms with Gasteiger partial charge in [0.25, 0.3) is 0 Å². The minimum Gasteiger partial charge on any atom is -0.462 e. The van der Waals surface area contributed by atoms with E-state index in [4.69, 9.17) is 14.2 Å². The molecule has 370 valence electrons. The van der Waals surface area contributed by atoms with Crippen LogP contribution in [0, 0.1) is 0 Å². The molecule has 1 unspecified atom stereocenters. The summed E-state index contributed by atoms with van der Waals surface area (Å²) in [5.41, 5.74) is 0. The summed E-state index contributed by atoms with van der Waals surface area (Å²) in [7, 11) is 0. The van der Waals surface area contributed by atoms with Gasteiger partial charge in [-0.05, 0) is 103 Å². The highest BCUT2D eigenvalue weighted by molar-refractivity contribution is 5.72. The first-order chi connectivity index (χ1) is 32.0. The number of carbonyl (C=O) groups is 3. The Morgan fingerprint density at radius 3 is 1.05 bits per heavy atom. The van der Waals surface area contributed by atoms with Gasteiger partial charge in [-0.3, -0.25) is 14.4 Å². The molecule has 0 amide bonds. The zero-order valence-corrected chi connectivity index (χ0v) is 42.2. The van der Waals surface area contributed by atoms with E-state index in [-0.39, 0.29) is 31.6 Å². The maximum atomic E-state index is 12.7. The van der Waals surface area contributed by atoms with Crippen LogP contribution in [0.3, 0.4) is 0 Å². The Labute approximate surface area is 400 Å². The molecule has 0 aliphatic heterocycles. The van der Waals surface area contributed by atoms with E-state index in [1.807, 2.05) is 6.08 Å². The second-order valence-corrected chi connectivity index (χ2v) is 17.4. The van der Waals surface area contributed by atoms with E-state index < -0.39 is 12.1 Å². The SMILES string of the molecule is CC/C=C\C/C=C\C/C=C\C/C=C\C/C=C\CC(=O)OC(COC(=O)CCCCCCC/C=C\CCCCCCC)COC(=O)CCCCCCCCC/C=C\C/C=C\CCCCCC. The van der Waals surface area contributed by atoms with Crippen LogP contribution in [0.4, 0.5) is 0 Å². The van der Waals surface area contributed by atoms with E-state index in [1.54, 1.807) is 6.08 Å². The summed E-state index contributed by atoms with van der Waals surface area (Å²) < 4.78 is 16.7. The Bertz CT molecular complexity index is 1310. The number of esters is 3. The summed E-state index contributed by atoms with van der Waals surface area (Å²) in [6.45, 7) is 6.40. The molecule has 0 aromatic heterocycles. The summed E-state index contributed by atoms with van der Waals surface area (Å²) in [5, 5.41) is 0. The molecule has 1 atom stereocenters. The summed E-state index contributed by atoms with van der Waals surface area (Å²) in [5.74, 6) is -1.07. The van der Waals surface area contributed by atoms with E-state index in [2.05, 4.69) is 106 Å². The quantitative estimate of drug-likeness (QED) is 0.0262. The Hall–Kier alpha value is -3.67. The van der Waals surface area contributed by atoms with E-state index in [0.717, 1.165) is 96.3 Å². The standard InChI is InChI=1S/C59H98O6/c1-4-7-10-13-16-19-22-25-28-29-30-32-34-37-40-43-46-49-52-58(61)64-55-56(54-63-57(60)51-48-45-42-39-36-33-27-24-21-18-15-12-9-6-3)65-59(62)53-50-47-44-41-38-35-31-26-23-20-17-14-11-8-5-2/h8,11,17,19-20,22,24,26-29,31,38,41,47,50,56H,4-7,9-10,12-16,18,21,23,25,30,32-37,39-40,42-46,48-49,51-55H2,1-3H3/b11-8-,20-17-,22-19-,27-24-,29-28-,31-26-,41-38-,50-47-. The molecule has 0 aliphatic rings. The van der Waals surface area contributed by atoms with Gasteiger partial charge in [0.15, 0.2) is 6.10 Å². The van der Waals surface area contributed by atoms with Gasteiger partial charge in [-0.15, -0.1) is 0 Å². The second-order valence-electron chi connectivity index (χ2n) is 17.4. The van der Waals surface area contributed by atoms with Gasteiger partial charge in [-0.25, -0.2) is 0 Å². The van der Waals surface area contributed by atoms with Gasteiger partial charge in [0.1, 0.15) is 13.2 Å². The van der Waals surface area contributed by atoms with Crippen LogP contribution < -0.4 is 0 Å². The van der Waals surface area contributed by atoms with Gasteiger partial charge in [-0.2, -0.15) is 0 Å². The highest BCUT2D eigenvalue weighted by Gasteiger charge is 2.19. The summed E-state index contributed by atoms with van der Waals surface area (Å²) in [6, 6.07) is 0. The van der Waals surface area contributed by atoms with Gasteiger partial charge in [0.2, 0.25) is 0 Å². The molecule has 0 saturated carbocycles. The molecule has 0 aromatic carbocycles. The smallest absolute Gasteiger partial charge is 0.310 e. The average molecular weight is 903 g/mol. The van der Waals surface area contributed by atoms with Crippen LogP contribution in [0.25, 0.3) is 0 Å². The third-order valence-electron chi connectivity index (χ3n) is 11.1. The number of ether oxygens (including phenoxy) is 3. The first-order valence-electron chi connectivity index (χ1n) is 26.7. The molecular weight excluding hydrogens is 805 g/mol. The Morgan fingerprint density at radius 1 is 0.338 bits per heavy atom. The highest BCUT2D eigenvalue weighted by Crippen LogP contribution is 2.13. The van der Waals surface area contributed by atoms with E-state index in [0.29, 0.717) is 12.8 Å². The third kappa shape index (κ3) is 51.2. The van der Waals surface area contributed by atoms with Crippen LogP contribution in [0.1, 0.15) is 239 Å². The monoisotopic (exact) mass is 903 g/mol. The molecule has 0 radical (unpaired) electrons. The van der Waals surface area contributed by atoms with Crippen molar-refractivity contribution in [2.45, 2.75) is 245 Å².